The number of H-pyrrole nitrogens is 1. The zero-order valence-electron chi connectivity index (χ0n) is 14.8. The van der Waals surface area contributed by atoms with Gasteiger partial charge in [0.2, 0.25) is 0 Å². The van der Waals surface area contributed by atoms with Gasteiger partial charge in [-0.25, -0.2) is 19.3 Å². The molecule has 4 aromatic rings. The summed E-state index contributed by atoms with van der Waals surface area (Å²) in [4.78, 5) is 31.1. The molecule has 1 aliphatic rings. The molecule has 1 N–H and O–H groups in total. The van der Waals surface area contributed by atoms with Crippen LogP contribution >= 0.6 is 0 Å². The summed E-state index contributed by atoms with van der Waals surface area (Å²) in [6.45, 7) is 1.45. The van der Waals surface area contributed by atoms with Gasteiger partial charge in [0.1, 0.15) is 22.6 Å². The fraction of sp³-hybridized carbons (Fsp3) is 0.263. The average Bonchev–Trinajstić information content (AvgIpc) is 3.03. The van der Waals surface area contributed by atoms with Gasteiger partial charge in [-0.3, -0.25) is 9.97 Å². The molecule has 0 fully saturated rings. The molecule has 136 valence electrons. The third-order valence-corrected chi connectivity index (χ3v) is 4.87. The minimum Gasteiger partial charge on any atom is -0.491 e. The number of nitrogens with one attached hydrogen (secondary N) is 1. The molecular formula is C19H18N6O2. The minimum absolute atomic E-state index is 0.297. The Morgan fingerprint density at radius 2 is 2.00 bits per heavy atom. The fourth-order valence-electron chi connectivity index (χ4n) is 3.53. The van der Waals surface area contributed by atoms with Crippen LogP contribution in [0, 0.1) is 0 Å². The van der Waals surface area contributed by atoms with E-state index in [1.54, 1.807) is 24.5 Å². The van der Waals surface area contributed by atoms with E-state index in [4.69, 9.17) is 9.72 Å². The van der Waals surface area contributed by atoms with Gasteiger partial charge in [-0.05, 0) is 31.0 Å². The number of nitrogens with zero attached hydrogens (tertiary/aromatic N) is 5. The van der Waals surface area contributed by atoms with Crippen molar-refractivity contribution in [3.63, 3.8) is 0 Å². The quantitative estimate of drug-likeness (QED) is 0.516. The molecule has 0 saturated carbocycles. The van der Waals surface area contributed by atoms with Gasteiger partial charge >= 0.3 is 5.69 Å². The van der Waals surface area contributed by atoms with Crippen LogP contribution in [-0.2, 0) is 0 Å². The van der Waals surface area contributed by atoms with Crippen molar-refractivity contribution in [2.24, 2.45) is 0 Å². The molecule has 27 heavy (non-hydrogen) atoms. The molecule has 5 heterocycles. The standard InChI is InChI=1S/C19H18N6O2/c1-24-10-2-3-11-27-14-7-9-21-18-17(14)25(19(26)23-18)15-5-4-12-16(22-15)13(24)6-8-20-12/h4-9H,2-3,10-11H2,1H3,(H,21,23,26). The Kier molecular flexibility index (Phi) is 3.56. The number of aromatic nitrogens is 5. The van der Waals surface area contributed by atoms with Crippen LogP contribution < -0.4 is 15.3 Å². The fourth-order valence-corrected chi connectivity index (χ4v) is 3.53. The third kappa shape index (κ3) is 2.52. The van der Waals surface area contributed by atoms with E-state index in [1.165, 1.54) is 4.57 Å². The lowest BCUT2D eigenvalue weighted by molar-refractivity contribution is 0.310. The highest BCUT2D eigenvalue weighted by molar-refractivity contribution is 5.89. The molecule has 1 aliphatic heterocycles. The van der Waals surface area contributed by atoms with Crippen LogP contribution in [0.1, 0.15) is 12.8 Å². The van der Waals surface area contributed by atoms with Gasteiger partial charge in [0, 0.05) is 32.1 Å². The SMILES string of the molecule is CN1CCCCOc2ccnc3[nH]c(=O)n(c23)-c2ccc3nccc1c3n2. The number of anilines is 1. The summed E-state index contributed by atoms with van der Waals surface area (Å²) in [7, 11) is 2.04. The first-order valence-corrected chi connectivity index (χ1v) is 8.92. The third-order valence-electron chi connectivity index (χ3n) is 4.87. The van der Waals surface area contributed by atoms with Crippen LogP contribution in [0.3, 0.4) is 0 Å². The van der Waals surface area contributed by atoms with E-state index >= 15 is 0 Å². The van der Waals surface area contributed by atoms with E-state index < -0.39 is 0 Å². The summed E-state index contributed by atoms with van der Waals surface area (Å²) in [5.74, 6) is 1.14. The van der Waals surface area contributed by atoms with Crippen molar-refractivity contribution in [3.8, 4) is 11.6 Å². The second kappa shape index (κ2) is 6.08. The molecule has 8 heteroatoms. The normalized spacial score (nSPS) is 14.6. The predicted molar refractivity (Wildman–Crippen MR) is 103 cm³/mol. The Labute approximate surface area is 154 Å². The van der Waals surface area contributed by atoms with Crippen molar-refractivity contribution < 1.29 is 4.74 Å². The molecule has 4 aromatic heterocycles. The number of hydrogen-bond donors (Lipinski definition) is 1. The lowest BCUT2D eigenvalue weighted by Gasteiger charge is -2.20. The van der Waals surface area contributed by atoms with Gasteiger partial charge in [-0.2, -0.15) is 0 Å². The molecule has 0 atom stereocenters. The number of hydrogen-bond acceptors (Lipinski definition) is 6. The second-order valence-electron chi connectivity index (χ2n) is 6.62. The topological polar surface area (TPSA) is 88.9 Å². The molecule has 0 spiro atoms. The van der Waals surface area contributed by atoms with E-state index in [2.05, 4.69) is 19.9 Å². The molecular weight excluding hydrogens is 344 g/mol. The zero-order valence-corrected chi connectivity index (χ0v) is 14.8. The maximum absolute atomic E-state index is 12.7. The van der Waals surface area contributed by atoms with Gasteiger partial charge in [0.05, 0.1) is 17.8 Å². The Morgan fingerprint density at radius 3 is 2.93 bits per heavy atom. The molecule has 5 rings (SSSR count). The summed E-state index contributed by atoms with van der Waals surface area (Å²) in [6.07, 6.45) is 5.31. The van der Waals surface area contributed by atoms with Gasteiger partial charge in [0.25, 0.3) is 0 Å². The summed E-state index contributed by atoms with van der Waals surface area (Å²) in [5, 5.41) is 0. The van der Waals surface area contributed by atoms with Crippen molar-refractivity contribution in [1.29, 1.82) is 0 Å². The smallest absolute Gasteiger partial charge is 0.333 e. The molecule has 0 aliphatic carbocycles. The van der Waals surface area contributed by atoms with Crippen molar-refractivity contribution >= 4 is 27.9 Å². The number of aromatic amines is 1. The van der Waals surface area contributed by atoms with Crippen LogP contribution in [0.15, 0.2) is 41.5 Å². The van der Waals surface area contributed by atoms with Gasteiger partial charge in [0.15, 0.2) is 5.65 Å². The molecule has 0 saturated heterocycles. The van der Waals surface area contributed by atoms with Crippen molar-refractivity contribution in [2.45, 2.75) is 12.8 Å². The van der Waals surface area contributed by atoms with Crippen molar-refractivity contribution in [2.75, 3.05) is 25.1 Å². The maximum atomic E-state index is 12.7. The van der Waals surface area contributed by atoms with Crippen LogP contribution in [-0.4, -0.2) is 44.7 Å². The Balaban J connectivity index is 1.85. The molecule has 8 nitrogen and oxygen atoms in total. The minimum atomic E-state index is -0.297. The molecule has 0 radical (unpaired) electrons. The number of rotatable bonds is 0. The van der Waals surface area contributed by atoms with E-state index in [9.17, 15) is 4.79 Å². The van der Waals surface area contributed by atoms with E-state index in [-0.39, 0.29) is 5.69 Å². The summed E-state index contributed by atoms with van der Waals surface area (Å²) in [5.41, 5.74) is 3.34. The van der Waals surface area contributed by atoms with Gasteiger partial charge in [-0.15, -0.1) is 0 Å². The summed E-state index contributed by atoms with van der Waals surface area (Å²) in [6, 6.07) is 7.42. The Bertz CT molecular complexity index is 1210. The second-order valence-corrected chi connectivity index (χ2v) is 6.62. The first-order valence-electron chi connectivity index (χ1n) is 8.92. The maximum Gasteiger partial charge on any atom is 0.333 e. The van der Waals surface area contributed by atoms with E-state index in [0.29, 0.717) is 29.3 Å². The molecule has 0 amide bonds. The molecule has 0 aromatic carbocycles. The molecule has 2 bridgehead atoms. The predicted octanol–water partition coefficient (Wildman–Crippen LogP) is 2.27. The van der Waals surface area contributed by atoms with Crippen LogP contribution in [0.5, 0.6) is 5.75 Å². The highest BCUT2D eigenvalue weighted by Gasteiger charge is 2.18. The van der Waals surface area contributed by atoms with Crippen molar-refractivity contribution in [3.05, 3.63) is 47.1 Å². The summed E-state index contributed by atoms with van der Waals surface area (Å²) < 4.78 is 7.50. The van der Waals surface area contributed by atoms with E-state index in [1.807, 2.05) is 19.2 Å². The highest BCUT2D eigenvalue weighted by Crippen LogP contribution is 2.28. The summed E-state index contributed by atoms with van der Waals surface area (Å²) >= 11 is 0. The first-order chi connectivity index (χ1) is 13.2. The van der Waals surface area contributed by atoms with Crippen LogP contribution in [0.4, 0.5) is 5.69 Å². The number of fused-ring (bicyclic) bond motifs is 2. The van der Waals surface area contributed by atoms with Crippen molar-refractivity contribution in [1.82, 2.24) is 24.5 Å². The van der Waals surface area contributed by atoms with Crippen LogP contribution in [0.25, 0.3) is 28.0 Å². The van der Waals surface area contributed by atoms with Gasteiger partial charge in [-0.1, -0.05) is 0 Å². The Hall–Kier alpha value is -3.42. The zero-order chi connectivity index (χ0) is 18.4. The van der Waals surface area contributed by atoms with Crippen LogP contribution in [0.2, 0.25) is 0 Å². The van der Waals surface area contributed by atoms with Gasteiger partial charge < -0.3 is 9.64 Å². The number of ether oxygens (including phenoxy) is 1. The largest absolute Gasteiger partial charge is 0.491 e. The van der Waals surface area contributed by atoms with E-state index in [0.717, 1.165) is 36.1 Å². The monoisotopic (exact) mass is 362 g/mol. The average molecular weight is 362 g/mol. The lowest BCUT2D eigenvalue weighted by Crippen LogP contribution is -2.20. The number of imidazole rings is 1. The highest BCUT2D eigenvalue weighted by atomic mass is 16.5. The Morgan fingerprint density at radius 1 is 1.11 bits per heavy atom. The molecule has 0 unspecified atom stereocenters. The first kappa shape index (κ1) is 15.8. The lowest BCUT2D eigenvalue weighted by atomic mass is 10.2. The number of pyridine rings is 3.